The molecule has 0 bridgehead atoms. The average molecular weight is 256 g/mol. The second-order valence-electron chi connectivity index (χ2n) is 3.59. The molecule has 2 heterocycles. The average Bonchev–Trinajstić information content (AvgIpc) is 2.58. The number of halogens is 1. The van der Waals surface area contributed by atoms with E-state index in [2.05, 4.69) is 10.3 Å². The SMILES string of the molecule is O=C(NC1C=CS(=O)(=O)C1)c1ccncc1F. The van der Waals surface area contributed by atoms with Gasteiger partial charge in [-0.15, -0.1) is 0 Å². The molecule has 0 saturated heterocycles. The molecule has 1 aliphatic rings. The van der Waals surface area contributed by atoms with Crippen LogP contribution in [0.25, 0.3) is 0 Å². The number of carbonyl (C=O) groups excluding carboxylic acids is 1. The third-order valence-electron chi connectivity index (χ3n) is 2.26. The summed E-state index contributed by atoms with van der Waals surface area (Å²) in [4.78, 5) is 15.1. The van der Waals surface area contributed by atoms with E-state index in [-0.39, 0.29) is 11.3 Å². The molecule has 1 aromatic rings. The highest BCUT2D eigenvalue weighted by Crippen LogP contribution is 2.10. The fraction of sp³-hybridized carbons (Fsp3) is 0.200. The molecule has 1 unspecified atom stereocenters. The molecule has 0 fully saturated rings. The zero-order valence-corrected chi connectivity index (χ0v) is 9.45. The minimum Gasteiger partial charge on any atom is -0.345 e. The molecule has 1 amide bonds. The van der Waals surface area contributed by atoms with E-state index in [1.54, 1.807) is 0 Å². The summed E-state index contributed by atoms with van der Waals surface area (Å²) >= 11 is 0. The van der Waals surface area contributed by atoms with Crippen molar-refractivity contribution in [1.29, 1.82) is 0 Å². The van der Waals surface area contributed by atoms with Crippen LogP contribution in [0.5, 0.6) is 0 Å². The highest BCUT2D eigenvalue weighted by molar-refractivity contribution is 7.94. The van der Waals surface area contributed by atoms with Gasteiger partial charge in [0.1, 0.15) is 0 Å². The quantitative estimate of drug-likeness (QED) is 0.823. The Morgan fingerprint density at radius 2 is 2.29 bits per heavy atom. The first kappa shape index (κ1) is 11.7. The van der Waals surface area contributed by atoms with Gasteiger partial charge in [0.15, 0.2) is 15.7 Å². The summed E-state index contributed by atoms with van der Waals surface area (Å²) < 4.78 is 35.4. The first-order valence-corrected chi connectivity index (χ1v) is 6.51. The van der Waals surface area contributed by atoms with Gasteiger partial charge in [-0.3, -0.25) is 9.78 Å². The first-order chi connectivity index (χ1) is 7.98. The smallest absolute Gasteiger partial charge is 0.254 e. The number of hydrogen-bond acceptors (Lipinski definition) is 4. The van der Waals surface area contributed by atoms with Gasteiger partial charge in [0, 0.05) is 11.6 Å². The highest BCUT2D eigenvalue weighted by Gasteiger charge is 2.24. The Morgan fingerprint density at radius 3 is 2.88 bits per heavy atom. The lowest BCUT2D eigenvalue weighted by Crippen LogP contribution is -2.35. The zero-order valence-electron chi connectivity index (χ0n) is 8.63. The van der Waals surface area contributed by atoms with Gasteiger partial charge in [-0.1, -0.05) is 0 Å². The summed E-state index contributed by atoms with van der Waals surface area (Å²) in [5, 5.41) is 3.46. The maximum Gasteiger partial charge on any atom is 0.254 e. The highest BCUT2D eigenvalue weighted by atomic mass is 32.2. The predicted octanol–water partition coefficient (Wildman–Crippen LogP) is 0.261. The van der Waals surface area contributed by atoms with Crippen LogP contribution in [0, 0.1) is 5.82 Å². The molecular weight excluding hydrogens is 247 g/mol. The summed E-state index contributed by atoms with van der Waals surface area (Å²) in [7, 11) is -3.23. The Kier molecular flexibility index (Phi) is 2.93. The van der Waals surface area contributed by atoms with Crippen LogP contribution in [-0.2, 0) is 9.84 Å². The number of nitrogens with one attached hydrogen (secondary N) is 1. The van der Waals surface area contributed by atoms with Gasteiger partial charge in [-0.25, -0.2) is 12.8 Å². The van der Waals surface area contributed by atoms with Crippen LogP contribution in [0.2, 0.25) is 0 Å². The summed E-state index contributed by atoms with van der Waals surface area (Å²) in [5.41, 5.74) is -0.155. The molecule has 90 valence electrons. The fourth-order valence-corrected chi connectivity index (χ4v) is 2.71. The topological polar surface area (TPSA) is 76.1 Å². The van der Waals surface area contributed by atoms with Gasteiger partial charge >= 0.3 is 0 Å². The minimum absolute atomic E-state index is 0.155. The van der Waals surface area contributed by atoms with Gasteiger partial charge in [0.2, 0.25) is 0 Å². The minimum atomic E-state index is -3.23. The Labute approximate surface area is 97.3 Å². The van der Waals surface area contributed by atoms with Crippen molar-refractivity contribution in [3.8, 4) is 0 Å². The number of rotatable bonds is 2. The second kappa shape index (κ2) is 4.25. The van der Waals surface area contributed by atoms with Crippen LogP contribution in [-0.4, -0.2) is 31.1 Å². The summed E-state index contributed by atoms with van der Waals surface area (Å²) in [6.07, 6.45) is 3.59. The molecule has 0 spiro atoms. The van der Waals surface area contributed by atoms with Gasteiger partial charge in [-0.2, -0.15) is 0 Å². The number of pyridine rings is 1. The molecule has 2 rings (SSSR count). The maximum absolute atomic E-state index is 13.2. The Morgan fingerprint density at radius 1 is 1.53 bits per heavy atom. The molecule has 0 radical (unpaired) electrons. The van der Waals surface area contributed by atoms with E-state index < -0.39 is 27.6 Å². The summed E-state index contributed by atoms with van der Waals surface area (Å²) in [6, 6.07) is 0.623. The van der Waals surface area contributed by atoms with Crippen molar-refractivity contribution < 1.29 is 17.6 Å². The van der Waals surface area contributed by atoms with Crippen LogP contribution < -0.4 is 5.32 Å². The molecule has 0 aromatic carbocycles. The number of aromatic nitrogens is 1. The monoisotopic (exact) mass is 256 g/mol. The Balaban J connectivity index is 2.09. The first-order valence-electron chi connectivity index (χ1n) is 4.79. The third kappa shape index (κ3) is 2.68. The normalized spacial score (nSPS) is 21.4. The van der Waals surface area contributed by atoms with E-state index >= 15 is 0 Å². The lowest BCUT2D eigenvalue weighted by molar-refractivity contribution is 0.0943. The van der Waals surface area contributed by atoms with Gasteiger partial charge in [-0.05, 0) is 12.1 Å². The van der Waals surface area contributed by atoms with Gasteiger partial charge < -0.3 is 5.32 Å². The molecular formula is C10H9FN2O3S. The fourth-order valence-electron chi connectivity index (χ4n) is 1.47. The lowest BCUT2D eigenvalue weighted by Gasteiger charge is -2.09. The summed E-state index contributed by atoms with van der Waals surface area (Å²) in [6.45, 7) is 0. The second-order valence-corrected chi connectivity index (χ2v) is 5.52. The lowest BCUT2D eigenvalue weighted by atomic mass is 10.2. The predicted molar refractivity (Wildman–Crippen MR) is 58.4 cm³/mol. The number of amides is 1. The van der Waals surface area contributed by atoms with E-state index in [4.69, 9.17) is 0 Å². The van der Waals surface area contributed by atoms with Crippen LogP contribution in [0.4, 0.5) is 4.39 Å². The van der Waals surface area contributed by atoms with E-state index in [1.807, 2.05) is 0 Å². The Bertz CT molecular complexity index is 583. The zero-order chi connectivity index (χ0) is 12.5. The van der Waals surface area contributed by atoms with Gasteiger partial charge in [0.05, 0.1) is 23.6 Å². The van der Waals surface area contributed by atoms with E-state index in [9.17, 15) is 17.6 Å². The maximum atomic E-state index is 13.2. The van der Waals surface area contributed by atoms with Crippen molar-refractivity contribution >= 4 is 15.7 Å². The van der Waals surface area contributed by atoms with Crippen molar-refractivity contribution in [3.05, 3.63) is 41.3 Å². The summed E-state index contributed by atoms with van der Waals surface area (Å²) in [5.74, 6) is -1.59. The van der Waals surface area contributed by atoms with Crippen molar-refractivity contribution in [2.24, 2.45) is 0 Å². The standard InChI is InChI=1S/C10H9FN2O3S/c11-9-5-12-3-1-8(9)10(14)13-7-2-4-17(15,16)6-7/h1-5,7H,6H2,(H,13,14). The number of nitrogens with zero attached hydrogens (tertiary/aromatic N) is 1. The molecule has 1 atom stereocenters. The number of carbonyl (C=O) groups is 1. The molecule has 0 aliphatic carbocycles. The number of sulfone groups is 1. The molecule has 1 N–H and O–H groups in total. The van der Waals surface area contributed by atoms with Crippen LogP contribution in [0.15, 0.2) is 29.9 Å². The Hall–Kier alpha value is -1.76. The molecule has 5 nitrogen and oxygen atoms in total. The molecule has 17 heavy (non-hydrogen) atoms. The van der Waals surface area contributed by atoms with Crippen LogP contribution >= 0.6 is 0 Å². The van der Waals surface area contributed by atoms with E-state index in [0.717, 1.165) is 11.6 Å². The van der Waals surface area contributed by atoms with Crippen molar-refractivity contribution in [2.75, 3.05) is 5.75 Å². The van der Waals surface area contributed by atoms with E-state index in [1.165, 1.54) is 18.3 Å². The van der Waals surface area contributed by atoms with Crippen LogP contribution in [0.3, 0.4) is 0 Å². The van der Waals surface area contributed by atoms with Crippen molar-refractivity contribution in [3.63, 3.8) is 0 Å². The number of hydrogen-bond donors (Lipinski definition) is 1. The molecule has 7 heteroatoms. The molecule has 0 saturated carbocycles. The molecule has 1 aromatic heterocycles. The van der Waals surface area contributed by atoms with Crippen molar-refractivity contribution in [2.45, 2.75) is 6.04 Å². The largest absolute Gasteiger partial charge is 0.345 e. The van der Waals surface area contributed by atoms with Gasteiger partial charge in [0.25, 0.3) is 5.91 Å². The van der Waals surface area contributed by atoms with Crippen LogP contribution in [0.1, 0.15) is 10.4 Å². The third-order valence-corrected chi connectivity index (χ3v) is 3.66. The molecule has 1 aliphatic heterocycles. The van der Waals surface area contributed by atoms with E-state index in [0.29, 0.717) is 0 Å². The van der Waals surface area contributed by atoms with Crippen molar-refractivity contribution in [1.82, 2.24) is 10.3 Å².